The first kappa shape index (κ1) is 22.2. The highest BCUT2D eigenvalue weighted by atomic mass is 35.5. The van der Waals surface area contributed by atoms with Crippen molar-refractivity contribution in [2.24, 2.45) is 0 Å². The van der Waals surface area contributed by atoms with Gasteiger partial charge in [-0.3, -0.25) is 14.9 Å². The van der Waals surface area contributed by atoms with E-state index in [0.29, 0.717) is 32.2 Å². The molecule has 0 aliphatic heterocycles. The predicted octanol–water partition coefficient (Wildman–Crippen LogP) is 5.95. The molecule has 0 atom stereocenters. The Morgan fingerprint density at radius 2 is 1.84 bits per heavy atom. The molecule has 32 heavy (non-hydrogen) atoms. The van der Waals surface area contributed by atoms with Gasteiger partial charge in [-0.05, 0) is 60.7 Å². The molecule has 0 spiro atoms. The van der Waals surface area contributed by atoms with Gasteiger partial charge in [0.1, 0.15) is 5.76 Å². The molecule has 4 rings (SSSR count). The number of furan rings is 1. The largest absolute Gasteiger partial charge is 0.451 e. The molecule has 0 fully saturated rings. The van der Waals surface area contributed by atoms with Crippen LogP contribution in [0, 0.1) is 0 Å². The summed E-state index contributed by atoms with van der Waals surface area (Å²) in [6.07, 6.45) is 0. The van der Waals surface area contributed by atoms with E-state index in [1.165, 1.54) is 24.3 Å². The fraction of sp³-hybridized carbons (Fsp3) is 0.0476. The zero-order valence-electron chi connectivity index (χ0n) is 16.4. The highest BCUT2D eigenvalue weighted by molar-refractivity contribution is 7.80. The Hall–Kier alpha value is -2.98. The van der Waals surface area contributed by atoms with E-state index in [2.05, 4.69) is 20.9 Å². The van der Waals surface area contributed by atoms with Crippen molar-refractivity contribution < 1.29 is 14.0 Å². The lowest BCUT2D eigenvalue weighted by Crippen LogP contribution is -2.33. The van der Waals surface area contributed by atoms with Crippen LogP contribution in [0.15, 0.2) is 52.9 Å². The van der Waals surface area contributed by atoms with Crippen LogP contribution in [0.25, 0.3) is 21.5 Å². The molecule has 7 nitrogen and oxygen atoms in total. The quantitative estimate of drug-likeness (QED) is 0.297. The summed E-state index contributed by atoms with van der Waals surface area (Å²) in [4.78, 5) is 28.1. The lowest BCUT2D eigenvalue weighted by atomic mass is 10.2. The van der Waals surface area contributed by atoms with Gasteiger partial charge in [0, 0.05) is 18.2 Å². The topological polar surface area (TPSA) is 96.3 Å². The van der Waals surface area contributed by atoms with Gasteiger partial charge in [0.2, 0.25) is 5.91 Å². The zero-order valence-corrected chi connectivity index (χ0v) is 19.5. The van der Waals surface area contributed by atoms with Gasteiger partial charge in [0.05, 0.1) is 20.3 Å². The van der Waals surface area contributed by atoms with Crippen molar-refractivity contribution in [3.05, 3.63) is 64.3 Å². The Bertz CT molecular complexity index is 1370. The predicted molar refractivity (Wildman–Crippen MR) is 132 cm³/mol. The summed E-state index contributed by atoms with van der Waals surface area (Å²) in [5.74, 6) is -0.118. The van der Waals surface area contributed by atoms with Gasteiger partial charge in [0.25, 0.3) is 5.91 Å². The summed E-state index contributed by atoms with van der Waals surface area (Å²) in [6.45, 7) is 1.44. The molecule has 4 aromatic rings. The standard InChI is InChI=1S/C21H14Cl2N4O3S2/c1-10(28)24-12-3-5-15-18(9-12)32-21(25-15)27-20(31)26-19(29)17-7-6-16(30-17)11-2-4-13(22)14(23)8-11/h2-9H,1H3,(H,24,28)(H2,25,26,27,29,31). The number of halogens is 2. The van der Waals surface area contributed by atoms with Crippen LogP contribution >= 0.6 is 46.8 Å². The SMILES string of the molecule is CC(=O)Nc1ccc2nc(NC(=S)NC(=O)c3ccc(-c4ccc(Cl)c(Cl)c4)o3)sc2c1. The Kier molecular flexibility index (Phi) is 6.43. The maximum atomic E-state index is 12.5. The summed E-state index contributed by atoms with van der Waals surface area (Å²) >= 11 is 18.5. The number of aromatic nitrogens is 1. The van der Waals surface area contributed by atoms with Crippen LogP contribution in [0.5, 0.6) is 0 Å². The molecule has 2 aromatic heterocycles. The van der Waals surface area contributed by atoms with Gasteiger partial charge < -0.3 is 15.1 Å². The number of amides is 2. The molecule has 162 valence electrons. The number of carbonyl (C=O) groups is 2. The van der Waals surface area contributed by atoms with Crippen molar-refractivity contribution >= 4 is 84.7 Å². The number of fused-ring (bicyclic) bond motifs is 1. The number of thiazole rings is 1. The first-order chi connectivity index (χ1) is 15.3. The first-order valence-electron chi connectivity index (χ1n) is 9.14. The number of hydrogen-bond donors (Lipinski definition) is 3. The number of thiocarbonyl (C=S) groups is 1. The Labute approximate surface area is 201 Å². The molecule has 3 N–H and O–H groups in total. The van der Waals surface area contributed by atoms with Gasteiger partial charge in [-0.2, -0.15) is 0 Å². The lowest BCUT2D eigenvalue weighted by molar-refractivity contribution is -0.114. The second kappa shape index (κ2) is 9.25. The maximum Gasteiger partial charge on any atom is 0.293 e. The van der Waals surface area contributed by atoms with Crippen molar-refractivity contribution in [3.8, 4) is 11.3 Å². The average molecular weight is 505 g/mol. The van der Waals surface area contributed by atoms with Gasteiger partial charge in [-0.25, -0.2) is 4.98 Å². The van der Waals surface area contributed by atoms with E-state index in [1.54, 1.807) is 36.4 Å². The molecule has 0 aliphatic carbocycles. The fourth-order valence-electron chi connectivity index (χ4n) is 2.82. The monoisotopic (exact) mass is 504 g/mol. The first-order valence-corrected chi connectivity index (χ1v) is 11.1. The average Bonchev–Trinajstić information content (AvgIpc) is 3.36. The van der Waals surface area contributed by atoms with Crippen molar-refractivity contribution in [1.82, 2.24) is 10.3 Å². The Morgan fingerprint density at radius 3 is 2.59 bits per heavy atom. The Balaban J connectivity index is 1.42. The molecule has 2 heterocycles. The molecule has 0 radical (unpaired) electrons. The number of benzene rings is 2. The maximum absolute atomic E-state index is 12.5. The molecule has 0 aliphatic rings. The highest BCUT2D eigenvalue weighted by Crippen LogP contribution is 2.30. The second-order valence-electron chi connectivity index (χ2n) is 6.58. The van der Waals surface area contributed by atoms with E-state index < -0.39 is 5.91 Å². The third-order valence-electron chi connectivity index (χ3n) is 4.19. The van der Waals surface area contributed by atoms with Crippen LogP contribution in [-0.4, -0.2) is 21.9 Å². The van der Waals surface area contributed by atoms with Crippen LogP contribution in [0.2, 0.25) is 10.0 Å². The molecule has 0 unspecified atom stereocenters. The molecule has 0 saturated carbocycles. The normalized spacial score (nSPS) is 10.7. The smallest absolute Gasteiger partial charge is 0.293 e. The van der Waals surface area contributed by atoms with Crippen LogP contribution in [-0.2, 0) is 4.79 Å². The van der Waals surface area contributed by atoms with Gasteiger partial charge in [-0.1, -0.05) is 34.5 Å². The highest BCUT2D eigenvalue weighted by Gasteiger charge is 2.15. The summed E-state index contributed by atoms with van der Waals surface area (Å²) in [5, 5.41) is 9.56. The number of anilines is 2. The van der Waals surface area contributed by atoms with E-state index in [-0.39, 0.29) is 16.8 Å². The summed E-state index contributed by atoms with van der Waals surface area (Å²) in [6, 6.07) is 13.6. The molecule has 0 saturated heterocycles. The van der Waals surface area contributed by atoms with Crippen molar-refractivity contribution in [2.45, 2.75) is 6.92 Å². The second-order valence-corrected chi connectivity index (χ2v) is 8.84. The number of rotatable bonds is 4. The van der Waals surface area contributed by atoms with Gasteiger partial charge >= 0.3 is 0 Å². The number of nitrogens with zero attached hydrogens (tertiary/aromatic N) is 1. The number of nitrogens with one attached hydrogen (secondary N) is 3. The Morgan fingerprint density at radius 1 is 1.03 bits per heavy atom. The summed E-state index contributed by atoms with van der Waals surface area (Å²) in [7, 11) is 0. The number of carbonyl (C=O) groups excluding carboxylic acids is 2. The third kappa shape index (κ3) is 5.08. The van der Waals surface area contributed by atoms with E-state index >= 15 is 0 Å². The van der Waals surface area contributed by atoms with Crippen molar-refractivity contribution in [2.75, 3.05) is 10.6 Å². The minimum Gasteiger partial charge on any atom is -0.451 e. The van der Waals surface area contributed by atoms with Crippen LogP contribution in [0.4, 0.5) is 10.8 Å². The fourth-order valence-corrected chi connectivity index (χ4v) is 4.28. The minimum absolute atomic E-state index is 0.0728. The van der Waals surface area contributed by atoms with E-state index in [4.69, 9.17) is 39.8 Å². The van der Waals surface area contributed by atoms with Crippen LogP contribution in [0.1, 0.15) is 17.5 Å². The van der Waals surface area contributed by atoms with E-state index in [1.807, 2.05) is 6.07 Å². The van der Waals surface area contributed by atoms with Crippen molar-refractivity contribution in [3.63, 3.8) is 0 Å². The van der Waals surface area contributed by atoms with Gasteiger partial charge in [-0.15, -0.1) is 0 Å². The molecular weight excluding hydrogens is 491 g/mol. The third-order valence-corrected chi connectivity index (χ3v) is 6.07. The van der Waals surface area contributed by atoms with Crippen LogP contribution in [0.3, 0.4) is 0 Å². The summed E-state index contributed by atoms with van der Waals surface area (Å²) < 4.78 is 6.47. The molecule has 2 aromatic carbocycles. The minimum atomic E-state index is -0.511. The van der Waals surface area contributed by atoms with E-state index in [0.717, 1.165) is 10.2 Å². The zero-order chi connectivity index (χ0) is 22.8. The lowest BCUT2D eigenvalue weighted by Gasteiger charge is -2.05. The summed E-state index contributed by atoms with van der Waals surface area (Å²) in [5.41, 5.74) is 2.09. The van der Waals surface area contributed by atoms with E-state index in [9.17, 15) is 9.59 Å². The molecule has 11 heteroatoms. The molecule has 0 bridgehead atoms. The number of hydrogen-bond acceptors (Lipinski definition) is 6. The van der Waals surface area contributed by atoms with Crippen molar-refractivity contribution in [1.29, 1.82) is 0 Å². The molecular formula is C21H14Cl2N4O3S2. The van der Waals surface area contributed by atoms with Crippen LogP contribution < -0.4 is 16.0 Å². The molecule has 2 amide bonds. The van der Waals surface area contributed by atoms with Gasteiger partial charge in [0.15, 0.2) is 16.0 Å².